The molecule has 4 heteroatoms. The van der Waals surface area contributed by atoms with Crippen LogP contribution in [0, 0.1) is 0 Å². The molecule has 0 heterocycles. The number of rotatable bonds is 6. The number of carboxylic acids is 1. The molecule has 0 unspecified atom stereocenters. The van der Waals surface area contributed by atoms with Crippen molar-refractivity contribution < 1.29 is 14.6 Å². The number of hydrogen-bond acceptors (Lipinski definition) is 3. The predicted molar refractivity (Wildman–Crippen MR) is 87.8 cm³/mol. The second-order valence-electron chi connectivity index (χ2n) is 5.32. The summed E-state index contributed by atoms with van der Waals surface area (Å²) in [6.45, 7) is 0. The van der Waals surface area contributed by atoms with Gasteiger partial charge in [-0.1, -0.05) is 25.3 Å². The molecule has 3 nitrogen and oxygen atoms in total. The van der Waals surface area contributed by atoms with Crippen LogP contribution in [0.5, 0.6) is 5.75 Å². The Labute approximate surface area is 130 Å². The highest BCUT2D eigenvalue weighted by Gasteiger charge is 2.14. The first-order valence-electron chi connectivity index (χ1n) is 7.38. The number of thioether (sulfide) groups is 1. The summed E-state index contributed by atoms with van der Waals surface area (Å²) in [5, 5.41) is 9.53. The standard InChI is InChI=1S/C17H22O3S/c1-20-16-9-7-13(11-14(16)8-10-17(18)19)12-21-15-5-3-2-4-6-15/h7-11,15H,2-6,12H2,1H3,(H,18,19). The van der Waals surface area contributed by atoms with Gasteiger partial charge in [0, 0.05) is 22.6 Å². The average molecular weight is 306 g/mol. The number of ether oxygens (including phenoxy) is 1. The quantitative estimate of drug-likeness (QED) is 0.793. The van der Waals surface area contributed by atoms with E-state index in [1.807, 2.05) is 23.9 Å². The van der Waals surface area contributed by atoms with E-state index in [0.29, 0.717) is 5.75 Å². The largest absolute Gasteiger partial charge is 0.496 e. The topological polar surface area (TPSA) is 46.5 Å². The Morgan fingerprint density at radius 2 is 2.14 bits per heavy atom. The minimum absolute atomic E-state index is 0.707. The van der Waals surface area contributed by atoms with Crippen LogP contribution in [0.15, 0.2) is 24.3 Å². The molecule has 1 fully saturated rings. The van der Waals surface area contributed by atoms with Gasteiger partial charge in [0.05, 0.1) is 7.11 Å². The van der Waals surface area contributed by atoms with Crippen molar-refractivity contribution in [3.05, 3.63) is 35.4 Å². The highest BCUT2D eigenvalue weighted by molar-refractivity contribution is 7.99. The average Bonchev–Trinajstić information content (AvgIpc) is 2.52. The van der Waals surface area contributed by atoms with Crippen molar-refractivity contribution in [2.75, 3.05) is 7.11 Å². The van der Waals surface area contributed by atoms with Gasteiger partial charge in [-0.3, -0.25) is 0 Å². The Balaban J connectivity index is 2.02. The lowest BCUT2D eigenvalue weighted by atomic mass is 10.0. The molecule has 0 aliphatic heterocycles. The third kappa shape index (κ3) is 5.12. The summed E-state index contributed by atoms with van der Waals surface area (Å²) in [7, 11) is 1.60. The Hall–Kier alpha value is -1.42. The van der Waals surface area contributed by atoms with Gasteiger partial charge in [-0.15, -0.1) is 0 Å². The van der Waals surface area contributed by atoms with Gasteiger partial charge in [-0.25, -0.2) is 4.79 Å². The van der Waals surface area contributed by atoms with Gasteiger partial charge in [0.2, 0.25) is 0 Å². The van der Waals surface area contributed by atoms with Crippen LogP contribution in [0.4, 0.5) is 0 Å². The van der Waals surface area contributed by atoms with Gasteiger partial charge in [0.25, 0.3) is 0 Å². The summed E-state index contributed by atoms with van der Waals surface area (Å²) >= 11 is 2.02. The first-order valence-corrected chi connectivity index (χ1v) is 8.43. The van der Waals surface area contributed by atoms with Crippen molar-refractivity contribution >= 4 is 23.8 Å². The summed E-state index contributed by atoms with van der Waals surface area (Å²) in [6.07, 6.45) is 9.48. The van der Waals surface area contributed by atoms with Crippen molar-refractivity contribution in [1.29, 1.82) is 0 Å². The molecule has 1 N–H and O–H groups in total. The summed E-state index contributed by atoms with van der Waals surface area (Å²) in [5.41, 5.74) is 2.04. The van der Waals surface area contributed by atoms with Crippen LogP contribution in [0.3, 0.4) is 0 Å². The van der Waals surface area contributed by atoms with E-state index in [-0.39, 0.29) is 0 Å². The monoisotopic (exact) mass is 306 g/mol. The highest BCUT2D eigenvalue weighted by atomic mass is 32.2. The summed E-state index contributed by atoms with van der Waals surface area (Å²) in [4.78, 5) is 10.7. The van der Waals surface area contributed by atoms with E-state index < -0.39 is 5.97 Å². The van der Waals surface area contributed by atoms with Crippen LogP contribution in [0.25, 0.3) is 6.08 Å². The first kappa shape index (κ1) is 16.0. The number of carbonyl (C=O) groups is 1. The van der Waals surface area contributed by atoms with Gasteiger partial charge in [0.15, 0.2) is 0 Å². The maximum atomic E-state index is 10.7. The number of aliphatic carboxylic acids is 1. The molecule has 2 rings (SSSR count). The molecule has 1 aromatic carbocycles. The number of hydrogen-bond donors (Lipinski definition) is 1. The molecule has 0 aromatic heterocycles. The van der Waals surface area contributed by atoms with Gasteiger partial charge in [0.1, 0.15) is 5.75 Å². The maximum absolute atomic E-state index is 10.7. The van der Waals surface area contributed by atoms with Gasteiger partial charge < -0.3 is 9.84 Å². The summed E-state index contributed by atoms with van der Waals surface area (Å²) < 4.78 is 5.28. The molecular weight excluding hydrogens is 284 g/mol. The van der Waals surface area contributed by atoms with Gasteiger partial charge >= 0.3 is 5.97 Å². The molecule has 21 heavy (non-hydrogen) atoms. The second-order valence-corrected chi connectivity index (χ2v) is 6.61. The molecule has 0 atom stereocenters. The Morgan fingerprint density at radius 3 is 2.81 bits per heavy atom. The zero-order valence-corrected chi connectivity index (χ0v) is 13.2. The molecule has 1 saturated carbocycles. The van der Waals surface area contributed by atoms with Gasteiger partial charge in [-0.05, 0) is 36.6 Å². The minimum atomic E-state index is -0.945. The van der Waals surface area contributed by atoms with Crippen LogP contribution in [-0.4, -0.2) is 23.4 Å². The van der Waals surface area contributed by atoms with Crippen LogP contribution in [0.1, 0.15) is 43.2 Å². The summed E-state index contributed by atoms with van der Waals surface area (Å²) in [5.74, 6) is 0.737. The fourth-order valence-corrected chi connectivity index (χ4v) is 3.89. The fraction of sp³-hybridized carbons (Fsp3) is 0.471. The number of methoxy groups -OCH3 is 1. The third-order valence-corrected chi connectivity index (χ3v) is 5.18. The molecule has 0 amide bonds. The number of carboxylic acid groups (broad SMARTS) is 1. The molecule has 0 spiro atoms. The first-order chi connectivity index (χ1) is 10.2. The van der Waals surface area contributed by atoms with E-state index in [1.165, 1.54) is 37.7 Å². The van der Waals surface area contributed by atoms with Crippen molar-refractivity contribution in [3.8, 4) is 5.75 Å². The smallest absolute Gasteiger partial charge is 0.328 e. The van der Waals surface area contributed by atoms with Crippen LogP contribution < -0.4 is 4.74 Å². The zero-order chi connectivity index (χ0) is 15.1. The lowest BCUT2D eigenvalue weighted by Gasteiger charge is -2.21. The SMILES string of the molecule is COc1ccc(CSC2CCCCC2)cc1C=CC(=O)O. The van der Waals surface area contributed by atoms with Crippen molar-refractivity contribution in [3.63, 3.8) is 0 Å². The summed E-state index contributed by atoms with van der Waals surface area (Å²) in [6, 6.07) is 6.00. The van der Waals surface area contributed by atoms with E-state index >= 15 is 0 Å². The van der Waals surface area contributed by atoms with Crippen molar-refractivity contribution in [2.45, 2.75) is 43.1 Å². The molecule has 1 aliphatic carbocycles. The molecule has 1 aliphatic rings. The van der Waals surface area contributed by atoms with E-state index in [4.69, 9.17) is 9.84 Å². The van der Waals surface area contributed by atoms with E-state index in [2.05, 4.69) is 6.07 Å². The van der Waals surface area contributed by atoms with Crippen LogP contribution in [0.2, 0.25) is 0 Å². The molecule has 0 bridgehead atoms. The minimum Gasteiger partial charge on any atom is -0.496 e. The van der Waals surface area contributed by atoms with Gasteiger partial charge in [-0.2, -0.15) is 11.8 Å². The van der Waals surface area contributed by atoms with E-state index in [9.17, 15) is 4.79 Å². The molecule has 1 aromatic rings. The molecule has 114 valence electrons. The molecule has 0 saturated heterocycles. The van der Waals surface area contributed by atoms with E-state index in [1.54, 1.807) is 13.2 Å². The Morgan fingerprint density at radius 1 is 1.38 bits per heavy atom. The normalized spacial score (nSPS) is 16.2. The predicted octanol–water partition coefficient (Wildman–Crippen LogP) is 4.36. The van der Waals surface area contributed by atoms with E-state index in [0.717, 1.165) is 22.6 Å². The molecule has 0 radical (unpaired) electrons. The fourth-order valence-electron chi connectivity index (χ4n) is 2.61. The maximum Gasteiger partial charge on any atom is 0.328 e. The number of benzene rings is 1. The lowest BCUT2D eigenvalue weighted by Crippen LogP contribution is -2.08. The Kier molecular flexibility index (Phi) is 6.18. The molecular formula is C17H22O3S. The highest BCUT2D eigenvalue weighted by Crippen LogP contribution is 2.31. The van der Waals surface area contributed by atoms with Crippen LogP contribution >= 0.6 is 11.8 Å². The zero-order valence-electron chi connectivity index (χ0n) is 12.4. The Bertz CT molecular complexity index is 505. The third-order valence-electron chi connectivity index (χ3n) is 3.74. The lowest BCUT2D eigenvalue weighted by molar-refractivity contribution is -0.131. The second kappa shape index (κ2) is 8.13. The van der Waals surface area contributed by atoms with Crippen molar-refractivity contribution in [2.24, 2.45) is 0 Å². The van der Waals surface area contributed by atoms with Crippen molar-refractivity contribution in [1.82, 2.24) is 0 Å². The van der Waals surface area contributed by atoms with Crippen LogP contribution in [-0.2, 0) is 10.5 Å².